The number of rotatable bonds is 6. The summed E-state index contributed by atoms with van der Waals surface area (Å²) < 4.78 is 15.6. The van der Waals surface area contributed by atoms with Gasteiger partial charge in [-0.15, -0.1) is 0 Å². The highest BCUT2D eigenvalue weighted by molar-refractivity contribution is 6.66. The minimum Gasteiger partial charge on any atom is -0.383 e. The third kappa shape index (κ3) is 2.85. The molecule has 2 fully saturated rings. The minimum atomic E-state index is -2.26. The molecular formula is C16H33NO2Si. The third-order valence-electron chi connectivity index (χ3n) is 5.57. The van der Waals surface area contributed by atoms with Gasteiger partial charge in [-0.3, -0.25) is 4.57 Å². The summed E-state index contributed by atoms with van der Waals surface area (Å²) in [6.45, 7) is 14.1. The highest BCUT2D eigenvalue weighted by atomic mass is 28.4. The molecule has 0 spiro atoms. The summed E-state index contributed by atoms with van der Waals surface area (Å²) in [5.74, 6) is 1.52. The van der Waals surface area contributed by atoms with Crippen molar-refractivity contribution >= 4 is 8.72 Å². The fourth-order valence-electron chi connectivity index (χ4n) is 4.27. The molecule has 3 nitrogen and oxygen atoms in total. The molecule has 1 saturated carbocycles. The Morgan fingerprint density at radius 3 is 2.00 bits per heavy atom. The minimum absolute atomic E-state index is 0.604. The lowest BCUT2D eigenvalue weighted by atomic mass is 10.1. The molecule has 1 saturated heterocycles. The maximum absolute atomic E-state index is 6.47. The van der Waals surface area contributed by atoms with Gasteiger partial charge in [0.15, 0.2) is 0 Å². The summed E-state index contributed by atoms with van der Waals surface area (Å²) in [6, 6.07) is 0.604. The van der Waals surface area contributed by atoms with Gasteiger partial charge in [-0.05, 0) is 52.0 Å². The third-order valence-corrected chi connectivity index (χ3v) is 10.2. The van der Waals surface area contributed by atoms with Crippen LogP contribution in [0.4, 0.5) is 0 Å². The highest BCUT2D eigenvalue weighted by Gasteiger charge is 2.57. The first-order chi connectivity index (χ1) is 9.56. The van der Waals surface area contributed by atoms with Gasteiger partial charge in [0, 0.05) is 24.8 Å². The first-order valence-corrected chi connectivity index (χ1v) is 10.5. The zero-order valence-corrected chi connectivity index (χ0v) is 15.0. The lowest BCUT2D eigenvalue weighted by molar-refractivity contribution is 0.0988. The zero-order valence-electron chi connectivity index (χ0n) is 14.0. The maximum Gasteiger partial charge on any atom is 0.431 e. The Morgan fingerprint density at radius 2 is 1.60 bits per heavy atom. The maximum atomic E-state index is 6.47. The first-order valence-electron chi connectivity index (χ1n) is 8.61. The van der Waals surface area contributed by atoms with Gasteiger partial charge in [0.1, 0.15) is 0 Å². The smallest absolute Gasteiger partial charge is 0.383 e. The summed E-state index contributed by atoms with van der Waals surface area (Å²) in [5, 5.41) is 0. The molecule has 0 bridgehead atoms. The van der Waals surface area contributed by atoms with E-state index in [9.17, 15) is 0 Å². The number of nitrogens with zero attached hydrogens (tertiary/aromatic N) is 1. The second-order valence-corrected chi connectivity index (χ2v) is 9.87. The SMILES string of the molecule is CCO[Si](OCC)(C1CCCC1C)N1CCC(C)C1C. The average Bonchev–Trinajstić information content (AvgIpc) is 2.98. The molecule has 4 atom stereocenters. The molecule has 1 heterocycles. The van der Waals surface area contributed by atoms with Crippen LogP contribution in [0.5, 0.6) is 0 Å². The molecule has 2 aliphatic rings. The van der Waals surface area contributed by atoms with Crippen LogP contribution in [0.15, 0.2) is 0 Å². The molecule has 0 amide bonds. The van der Waals surface area contributed by atoms with Crippen molar-refractivity contribution < 1.29 is 8.85 Å². The lowest BCUT2D eigenvalue weighted by Gasteiger charge is -2.45. The molecule has 4 unspecified atom stereocenters. The van der Waals surface area contributed by atoms with Gasteiger partial charge >= 0.3 is 8.72 Å². The van der Waals surface area contributed by atoms with Crippen LogP contribution in [0.2, 0.25) is 5.54 Å². The zero-order chi connectivity index (χ0) is 14.8. The van der Waals surface area contributed by atoms with Crippen LogP contribution >= 0.6 is 0 Å². The normalized spacial score (nSPS) is 35.9. The molecule has 20 heavy (non-hydrogen) atoms. The Kier molecular flexibility index (Phi) is 5.68. The summed E-state index contributed by atoms with van der Waals surface area (Å²) in [5.41, 5.74) is 0.648. The van der Waals surface area contributed by atoms with Crippen molar-refractivity contribution in [3.63, 3.8) is 0 Å². The van der Waals surface area contributed by atoms with E-state index >= 15 is 0 Å². The van der Waals surface area contributed by atoms with Gasteiger partial charge in [-0.1, -0.05) is 26.7 Å². The predicted molar refractivity (Wildman–Crippen MR) is 85.7 cm³/mol. The molecule has 0 aromatic heterocycles. The van der Waals surface area contributed by atoms with E-state index in [0.717, 1.165) is 31.6 Å². The predicted octanol–water partition coefficient (Wildman–Crippen LogP) is 3.92. The van der Waals surface area contributed by atoms with Gasteiger partial charge in [-0.25, -0.2) is 0 Å². The van der Waals surface area contributed by atoms with E-state index in [2.05, 4.69) is 39.2 Å². The average molecular weight is 300 g/mol. The van der Waals surface area contributed by atoms with Crippen LogP contribution in [-0.2, 0) is 8.85 Å². The monoisotopic (exact) mass is 299 g/mol. The Morgan fingerprint density at radius 1 is 0.950 bits per heavy atom. The summed E-state index contributed by atoms with van der Waals surface area (Å²) in [4.78, 5) is 0. The summed E-state index contributed by atoms with van der Waals surface area (Å²) in [7, 11) is -2.26. The molecule has 1 aliphatic heterocycles. The van der Waals surface area contributed by atoms with Crippen molar-refractivity contribution in [2.24, 2.45) is 11.8 Å². The van der Waals surface area contributed by atoms with Gasteiger partial charge in [-0.2, -0.15) is 0 Å². The van der Waals surface area contributed by atoms with Crippen molar-refractivity contribution in [2.45, 2.75) is 71.9 Å². The van der Waals surface area contributed by atoms with Crippen LogP contribution in [0, 0.1) is 11.8 Å². The van der Waals surface area contributed by atoms with Crippen LogP contribution in [0.1, 0.15) is 60.3 Å². The second-order valence-electron chi connectivity index (χ2n) is 6.71. The molecule has 0 aromatic rings. The molecule has 118 valence electrons. The van der Waals surface area contributed by atoms with Gasteiger partial charge in [0.2, 0.25) is 0 Å². The van der Waals surface area contributed by atoms with Crippen LogP contribution in [0.25, 0.3) is 0 Å². The van der Waals surface area contributed by atoms with Gasteiger partial charge < -0.3 is 8.85 Å². The Labute approximate surface area is 126 Å². The van der Waals surface area contributed by atoms with E-state index in [1.165, 1.54) is 25.7 Å². The van der Waals surface area contributed by atoms with E-state index < -0.39 is 8.72 Å². The quantitative estimate of drug-likeness (QED) is 0.694. The van der Waals surface area contributed by atoms with Crippen molar-refractivity contribution in [3.8, 4) is 0 Å². The standard InChI is InChI=1S/C16H33NO2Si/c1-6-18-20(19-7-2,16-10-8-9-14(16)4)17-12-11-13(3)15(17)5/h13-16H,6-12H2,1-5H3. The Hall–Kier alpha value is 0.0969. The van der Waals surface area contributed by atoms with E-state index in [1.54, 1.807) is 0 Å². The topological polar surface area (TPSA) is 21.7 Å². The number of hydrogen-bond donors (Lipinski definition) is 0. The Balaban J connectivity index is 2.30. The van der Waals surface area contributed by atoms with Crippen LogP contribution < -0.4 is 0 Å². The fourth-order valence-corrected chi connectivity index (χ4v) is 9.08. The molecule has 4 heteroatoms. The van der Waals surface area contributed by atoms with Crippen molar-refractivity contribution in [3.05, 3.63) is 0 Å². The molecular weight excluding hydrogens is 266 g/mol. The Bertz CT molecular complexity index is 307. The molecule has 0 radical (unpaired) electrons. The van der Waals surface area contributed by atoms with Crippen LogP contribution in [-0.4, -0.2) is 39.1 Å². The number of hydrogen-bond acceptors (Lipinski definition) is 3. The summed E-state index contributed by atoms with van der Waals surface area (Å²) >= 11 is 0. The molecule has 1 aliphatic carbocycles. The van der Waals surface area contributed by atoms with E-state index in [-0.39, 0.29) is 0 Å². The van der Waals surface area contributed by atoms with Crippen molar-refractivity contribution in [1.29, 1.82) is 0 Å². The molecule has 0 N–H and O–H groups in total. The lowest BCUT2D eigenvalue weighted by Crippen LogP contribution is -2.63. The second kappa shape index (κ2) is 6.90. The largest absolute Gasteiger partial charge is 0.431 e. The van der Waals surface area contributed by atoms with E-state index in [4.69, 9.17) is 8.85 Å². The molecule has 0 aromatic carbocycles. The highest BCUT2D eigenvalue weighted by Crippen LogP contribution is 2.47. The van der Waals surface area contributed by atoms with Crippen LogP contribution in [0.3, 0.4) is 0 Å². The fraction of sp³-hybridized carbons (Fsp3) is 1.00. The van der Waals surface area contributed by atoms with Crippen molar-refractivity contribution in [2.75, 3.05) is 19.8 Å². The van der Waals surface area contributed by atoms with Gasteiger partial charge in [0.25, 0.3) is 0 Å². The summed E-state index contributed by atoms with van der Waals surface area (Å²) in [6.07, 6.45) is 5.28. The van der Waals surface area contributed by atoms with E-state index in [1.807, 2.05) is 0 Å². The van der Waals surface area contributed by atoms with E-state index in [0.29, 0.717) is 11.6 Å². The molecule has 2 rings (SSSR count). The first kappa shape index (κ1) is 16.5. The van der Waals surface area contributed by atoms with Crippen molar-refractivity contribution in [1.82, 2.24) is 4.57 Å². The van der Waals surface area contributed by atoms with Gasteiger partial charge in [0.05, 0.1) is 0 Å².